The predicted molar refractivity (Wildman–Crippen MR) is 81.7 cm³/mol. The lowest BCUT2D eigenvalue weighted by Crippen LogP contribution is -2.50. The van der Waals surface area contributed by atoms with Crippen molar-refractivity contribution in [1.82, 2.24) is 5.32 Å². The molecule has 2 N–H and O–H groups in total. The van der Waals surface area contributed by atoms with E-state index in [2.05, 4.69) is 10.6 Å². The van der Waals surface area contributed by atoms with Crippen LogP contribution in [0.3, 0.4) is 0 Å². The molecule has 2 rings (SSSR count). The normalized spacial score (nSPS) is 21.1. The van der Waals surface area contributed by atoms with Gasteiger partial charge in [-0.25, -0.2) is 4.79 Å². The number of hydrogen-bond donors (Lipinski definition) is 2. The summed E-state index contributed by atoms with van der Waals surface area (Å²) in [6.07, 6.45) is 2.45. The molecular formula is C15H19ClN2O3. The number of hydrogen-bond acceptors (Lipinski definition) is 4. The first-order valence-corrected chi connectivity index (χ1v) is 7.34. The molecule has 1 amide bonds. The van der Waals surface area contributed by atoms with Crippen LogP contribution in [0, 0.1) is 0 Å². The summed E-state index contributed by atoms with van der Waals surface area (Å²) in [6, 6.07) is 4.73. The molecule has 1 aliphatic heterocycles. The molecule has 1 unspecified atom stereocenters. The van der Waals surface area contributed by atoms with Gasteiger partial charge in [0.05, 0.1) is 23.9 Å². The highest BCUT2D eigenvalue weighted by Gasteiger charge is 2.39. The Balaban J connectivity index is 2.27. The molecule has 5 nitrogen and oxygen atoms in total. The van der Waals surface area contributed by atoms with Crippen molar-refractivity contribution in [1.29, 1.82) is 0 Å². The zero-order valence-electron chi connectivity index (χ0n) is 12.2. The van der Waals surface area contributed by atoms with Crippen LogP contribution < -0.4 is 10.6 Å². The summed E-state index contributed by atoms with van der Waals surface area (Å²) < 4.78 is 4.73. The van der Waals surface area contributed by atoms with Gasteiger partial charge in [-0.2, -0.15) is 0 Å². The summed E-state index contributed by atoms with van der Waals surface area (Å²) in [5.41, 5.74) is 0.105. The van der Waals surface area contributed by atoms with Crippen molar-refractivity contribution < 1.29 is 14.3 Å². The number of ether oxygens (including phenoxy) is 1. The second-order valence-electron chi connectivity index (χ2n) is 5.10. The summed E-state index contributed by atoms with van der Waals surface area (Å²) in [5, 5.41) is 6.50. The molecule has 1 atom stereocenters. The fourth-order valence-corrected chi connectivity index (χ4v) is 2.78. The monoisotopic (exact) mass is 310 g/mol. The molecule has 0 aliphatic carbocycles. The van der Waals surface area contributed by atoms with E-state index >= 15 is 0 Å². The van der Waals surface area contributed by atoms with Crippen LogP contribution in [0.2, 0.25) is 5.02 Å². The van der Waals surface area contributed by atoms with Gasteiger partial charge < -0.3 is 15.4 Å². The van der Waals surface area contributed by atoms with Crippen molar-refractivity contribution in [3.63, 3.8) is 0 Å². The van der Waals surface area contributed by atoms with E-state index < -0.39 is 11.5 Å². The van der Waals surface area contributed by atoms with Gasteiger partial charge in [-0.15, -0.1) is 0 Å². The zero-order valence-corrected chi connectivity index (χ0v) is 12.9. The molecule has 0 bridgehead atoms. The number of anilines is 1. The Morgan fingerprint density at radius 3 is 2.81 bits per heavy atom. The van der Waals surface area contributed by atoms with Gasteiger partial charge in [0, 0.05) is 5.02 Å². The van der Waals surface area contributed by atoms with Gasteiger partial charge in [-0.3, -0.25) is 4.79 Å². The summed E-state index contributed by atoms with van der Waals surface area (Å²) >= 11 is 5.90. The number of halogens is 1. The smallest absolute Gasteiger partial charge is 0.340 e. The van der Waals surface area contributed by atoms with Crippen molar-refractivity contribution >= 4 is 29.2 Å². The van der Waals surface area contributed by atoms with Crippen molar-refractivity contribution in [3.8, 4) is 0 Å². The van der Waals surface area contributed by atoms with Gasteiger partial charge in [0.15, 0.2) is 0 Å². The number of carbonyl (C=O) groups excluding carboxylic acids is 2. The fraction of sp³-hybridized carbons (Fsp3) is 0.467. The average Bonchev–Trinajstić information content (AvgIpc) is 2.98. The van der Waals surface area contributed by atoms with Crippen LogP contribution >= 0.6 is 11.6 Å². The van der Waals surface area contributed by atoms with Crippen LogP contribution in [0.1, 0.15) is 36.5 Å². The van der Waals surface area contributed by atoms with Crippen LogP contribution in [0.25, 0.3) is 0 Å². The first-order chi connectivity index (χ1) is 10.0. The molecular weight excluding hydrogens is 292 g/mol. The standard InChI is InChI=1S/C15H19ClN2O3/c1-3-15(7-4-8-17-15)14(20)18-12-6-5-10(16)9-11(12)13(19)21-2/h5-6,9,17H,3-4,7-8H2,1-2H3,(H,18,20). The Labute approximate surface area is 129 Å². The van der Waals surface area contributed by atoms with E-state index in [1.807, 2.05) is 6.92 Å². The number of methoxy groups -OCH3 is 1. The third-order valence-corrected chi connectivity index (χ3v) is 4.15. The predicted octanol–water partition coefficient (Wildman–Crippen LogP) is 2.60. The van der Waals surface area contributed by atoms with Crippen molar-refractivity contribution in [3.05, 3.63) is 28.8 Å². The number of rotatable bonds is 4. The van der Waals surface area contributed by atoms with Crippen LogP contribution in [-0.4, -0.2) is 31.1 Å². The molecule has 0 aromatic heterocycles. The maximum absolute atomic E-state index is 12.6. The van der Waals surface area contributed by atoms with Crippen LogP contribution in [0.4, 0.5) is 5.69 Å². The average molecular weight is 311 g/mol. The van der Waals surface area contributed by atoms with E-state index in [0.29, 0.717) is 17.1 Å². The molecule has 6 heteroatoms. The second-order valence-corrected chi connectivity index (χ2v) is 5.54. The van der Waals surface area contributed by atoms with Crippen LogP contribution in [0.15, 0.2) is 18.2 Å². The third-order valence-electron chi connectivity index (χ3n) is 3.92. The Bertz CT molecular complexity index is 554. The molecule has 1 aliphatic rings. The highest BCUT2D eigenvalue weighted by Crippen LogP contribution is 2.27. The van der Waals surface area contributed by atoms with Gasteiger partial charge in [-0.05, 0) is 44.0 Å². The SMILES string of the molecule is CCC1(C(=O)Nc2ccc(Cl)cc2C(=O)OC)CCCN1. The minimum atomic E-state index is -0.562. The molecule has 1 aromatic carbocycles. The summed E-state index contributed by atoms with van der Waals surface area (Å²) in [5.74, 6) is -0.660. The largest absolute Gasteiger partial charge is 0.465 e. The topological polar surface area (TPSA) is 67.4 Å². The number of benzene rings is 1. The molecule has 1 saturated heterocycles. The lowest BCUT2D eigenvalue weighted by atomic mass is 9.93. The summed E-state index contributed by atoms with van der Waals surface area (Å²) in [7, 11) is 1.29. The highest BCUT2D eigenvalue weighted by molar-refractivity contribution is 6.31. The Morgan fingerprint density at radius 2 is 2.24 bits per heavy atom. The maximum Gasteiger partial charge on any atom is 0.340 e. The third kappa shape index (κ3) is 3.19. The Kier molecular flexibility index (Phi) is 4.85. The van der Waals surface area contributed by atoms with Gasteiger partial charge in [0.1, 0.15) is 0 Å². The molecule has 0 radical (unpaired) electrons. The molecule has 0 saturated carbocycles. The van der Waals surface area contributed by atoms with E-state index in [4.69, 9.17) is 16.3 Å². The van der Waals surface area contributed by atoms with E-state index in [1.165, 1.54) is 13.2 Å². The van der Waals surface area contributed by atoms with Crippen LogP contribution in [-0.2, 0) is 9.53 Å². The van der Waals surface area contributed by atoms with Crippen molar-refractivity contribution in [2.75, 3.05) is 19.0 Å². The number of esters is 1. The van der Waals surface area contributed by atoms with Crippen molar-refractivity contribution in [2.45, 2.75) is 31.7 Å². The minimum Gasteiger partial charge on any atom is -0.465 e. The Hall–Kier alpha value is -1.59. The minimum absolute atomic E-state index is 0.130. The first kappa shape index (κ1) is 15.8. The Morgan fingerprint density at radius 1 is 1.48 bits per heavy atom. The lowest BCUT2D eigenvalue weighted by Gasteiger charge is -2.27. The molecule has 21 heavy (non-hydrogen) atoms. The summed E-state index contributed by atoms with van der Waals surface area (Å²) in [4.78, 5) is 24.3. The lowest BCUT2D eigenvalue weighted by molar-refractivity contribution is -0.122. The zero-order chi connectivity index (χ0) is 15.5. The van der Waals surface area contributed by atoms with E-state index in [9.17, 15) is 9.59 Å². The highest BCUT2D eigenvalue weighted by atomic mass is 35.5. The van der Waals surface area contributed by atoms with Gasteiger partial charge in [0.2, 0.25) is 5.91 Å². The molecule has 1 heterocycles. The quantitative estimate of drug-likeness (QED) is 0.839. The van der Waals surface area contributed by atoms with Gasteiger partial charge >= 0.3 is 5.97 Å². The molecule has 114 valence electrons. The van der Waals surface area contributed by atoms with E-state index in [-0.39, 0.29) is 11.5 Å². The van der Waals surface area contributed by atoms with Crippen LogP contribution in [0.5, 0.6) is 0 Å². The van der Waals surface area contributed by atoms with Gasteiger partial charge in [0.25, 0.3) is 0 Å². The molecule has 1 fully saturated rings. The fourth-order valence-electron chi connectivity index (χ4n) is 2.61. The second kappa shape index (κ2) is 6.45. The first-order valence-electron chi connectivity index (χ1n) is 6.97. The number of carbonyl (C=O) groups is 2. The van der Waals surface area contributed by atoms with Crippen molar-refractivity contribution in [2.24, 2.45) is 0 Å². The maximum atomic E-state index is 12.6. The molecule has 0 spiro atoms. The van der Waals surface area contributed by atoms with Gasteiger partial charge in [-0.1, -0.05) is 18.5 Å². The number of nitrogens with one attached hydrogen (secondary N) is 2. The van der Waals surface area contributed by atoms with E-state index in [0.717, 1.165) is 19.4 Å². The van der Waals surface area contributed by atoms with E-state index in [1.54, 1.807) is 12.1 Å². The summed E-state index contributed by atoms with van der Waals surface area (Å²) in [6.45, 7) is 2.80. The number of amides is 1. The molecule has 1 aromatic rings.